The van der Waals surface area contributed by atoms with Crippen LogP contribution in [0.5, 0.6) is 0 Å². The SMILES string of the molecule is CC(C)c1nnc(C(C)C)n1S. The third-order valence-electron chi connectivity index (χ3n) is 1.72. The second kappa shape index (κ2) is 3.47. The fourth-order valence-electron chi connectivity index (χ4n) is 1.02. The molecule has 0 saturated heterocycles. The van der Waals surface area contributed by atoms with Gasteiger partial charge in [-0.05, 0) is 0 Å². The molecule has 0 bridgehead atoms. The minimum Gasteiger partial charge on any atom is -0.258 e. The summed E-state index contributed by atoms with van der Waals surface area (Å²) in [6.45, 7) is 8.34. The average molecular weight is 185 g/mol. The van der Waals surface area contributed by atoms with Crippen molar-refractivity contribution in [1.82, 2.24) is 14.2 Å². The molecule has 0 aromatic carbocycles. The summed E-state index contributed by atoms with van der Waals surface area (Å²) in [7, 11) is 0. The van der Waals surface area contributed by atoms with Crippen molar-refractivity contribution in [2.45, 2.75) is 39.5 Å². The van der Waals surface area contributed by atoms with E-state index in [2.05, 4.69) is 50.7 Å². The van der Waals surface area contributed by atoms with Gasteiger partial charge in [0, 0.05) is 11.8 Å². The van der Waals surface area contributed by atoms with Crippen molar-refractivity contribution in [2.75, 3.05) is 0 Å². The van der Waals surface area contributed by atoms with Crippen LogP contribution >= 0.6 is 12.8 Å². The quantitative estimate of drug-likeness (QED) is 0.716. The van der Waals surface area contributed by atoms with Crippen molar-refractivity contribution in [1.29, 1.82) is 0 Å². The summed E-state index contributed by atoms with van der Waals surface area (Å²) in [5, 5.41) is 8.15. The molecule has 12 heavy (non-hydrogen) atoms. The predicted octanol–water partition coefficient (Wildman–Crippen LogP) is 2.22. The van der Waals surface area contributed by atoms with E-state index in [9.17, 15) is 0 Å². The first-order valence-electron chi connectivity index (χ1n) is 4.18. The Labute approximate surface area is 78.7 Å². The Morgan fingerprint density at radius 1 is 1.00 bits per heavy atom. The van der Waals surface area contributed by atoms with Crippen LogP contribution in [-0.2, 0) is 0 Å². The van der Waals surface area contributed by atoms with Gasteiger partial charge in [0.1, 0.15) is 11.6 Å². The van der Waals surface area contributed by atoms with E-state index >= 15 is 0 Å². The molecule has 68 valence electrons. The zero-order valence-corrected chi connectivity index (χ0v) is 8.84. The van der Waals surface area contributed by atoms with Gasteiger partial charge in [0.2, 0.25) is 0 Å². The highest BCUT2D eigenvalue weighted by Gasteiger charge is 2.14. The second-order valence-electron chi connectivity index (χ2n) is 3.54. The molecule has 0 radical (unpaired) electrons. The highest BCUT2D eigenvalue weighted by molar-refractivity contribution is 7.78. The Morgan fingerprint density at radius 3 is 1.50 bits per heavy atom. The summed E-state index contributed by atoms with van der Waals surface area (Å²) in [5.74, 6) is 2.62. The van der Waals surface area contributed by atoms with Gasteiger partial charge in [-0.3, -0.25) is 3.97 Å². The molecule has 0 aliphatic carbocycles. The van der Waals surface area contributed by atoms with Crippen molar-refractivity contribution < 1.29 is 0 Å². The van der Waals surface area contributed by atoms with Crippen LogP contribution in [0.25, 0.3) is 0 Å². The number of rotatable bonds is 2. The Kier molecular flexibility index (Phi) is 2.77. The molecule has 0 fully saturated rings. The Bertz CT molecular complexity index is 240. The normalized spacial score (nSPS) is 11.6. The maximum Gasteiger partial charge on any atom is 0.145 e. The van der Waals surface area contributed by atoms with E-state index in [1.807, 2.05) is 0 Å². The minimum absolute atomic E-state index is 0.377. The van der Waals surface area contributed by atoms with Gasteiger partial charge in [-0.25, -0.2) is 0 Å². The molecule has 0 N–H and O–H groups in total. The fraction of sp³-hybridized carbons (Fsp3) is 0.750. The highest BCUT2D eigenvalue weighted by Crippen LogP contribution is 2.19. The molecule has 0 aliphatic heterocycles. The molecule has 0 saturated carbocycles. The van der Waals surface area contributed by atoms with Gasteiger partial charge >= 0.3 is 0 Å². The van der Waals surface area contributed by atoms with Crippen molar-refractivity contribution in [3.8, 4) is 0 Å². The molecule has 0 atom stereocenters. The van der Waals surface area contributed by atoms with E-state index in [4.69, 9.17) is 0 Å². The maximum absolute atomic E-state index is 4.33. The van der Waals surface area contributed by atoms with Crippen LogP contribution in [0, 0.1) is 0 Å². The second-order valence-corrected chi connectivity index (χ2v) is 3.94. The third-order valence-corrected chi connectivity index (χ3v) is 2.13. The fourth-order valence-corrected chi connectivity index (χ4v) is 1.57. The lowest BCUT2D eigenvalue weighted by Gasteiger charge is -2.06. The summed E-state index contributed by atoms with van der Waals surface area (Å²) < 4.78 is 1.79. The van der Waals surface area contributed by atoms with Crippen LogP contribution < -0.4 is 0 Å². The van der Waals surface area contributed by atoms with Crippen molar-refractivity contribution in [3.63, 3.8) is 0 Å². The summed E-state index contributed by atoms with van der Waals surface area (Å²) in [6.07, 6.45) is 0. The van der Waals surface area contributed by atoms with Gasteiger partial charge in [0.25, 0.3) is 0 Å². The monoisotopic (exact) mass is 185 g/mol. The number of nitrogens with zero attached hydrogens (tertiary/aromatic N) is 3. The van der Waals surface area contributed by atoms with Crippen LogP contribution in [0.3, 0.4) is 0 Å². The Hall–Kier alpha value is -0.510. The van der Waals surface area contributed by atoms with Crippen LogP contribution in [0.1, 0.15) is 51.2 Å². The van der Waals surface area contributed by atoms with Gasteiger partial charge in [-0.15, -0.1) is 10.2 Å². The van der Waals surface area contributed by atoms with E-state index in [1.54, 1.807) is 3.97 Å². The van der Waals surface area contributed by atoms with Crippen LogP contribution in [0.2, 0.25) is 0 Å². The lowest BCUT2D eigenvalue weighted by atomic mass is 10.2. The Morgan fingerprint density at radius 2 is 1.33 bits per heavy atom. The molecule has 1 aromatic heterocycles. The topological polar surface area (TPSA) is 30.7 Å². The molecule has 1 heterocycles. The summed E-state index contributed by atoms with van der Waals surface area (Å²) >= 11 is 4.33. The van der Waals surface area contributed by atoms with E-state index in [1.165, 1.54) is 0 Å². The minimum atomic E-state index is 0.377. The standard InChI is InChI=1S/C8H15N3S/c1-5(2)7-9-10-8(6(3)4)11(7)12/h5-6,12H,1-4H3. The molecule has 0 spiro atoms. The van der Waals surface area contributed by atoms with Gasteiger partial charge in [-0.2, -0.15) is 0 Å². The van der Waals surface area contributed by atoms with E-state index in [0.29, 0.717) is 11.8 Å². The molecule has 0 amide bonds. The first-order chi connectivity index (χ1) is 5.54. The number of hydrogen-bond donors (Lipinski definition) is 1. The summed E-state index contributed by atoms with van der Waals surface area (Å²) in [6, 6.07) is 0. The van der Waals surface area contributed by atoms with Crippen molar-refractivity contribution in [2.24, 2.45) is 0 Å². The lowest BCUT2D eigenvalue weighted by Crippen LogP contribution is -2.00. The molecule has 0 unspecified atom stereocenters. The largest absolute Gasteiger partial charge is 0.258 e. The molecule has 1 aromatic rings. The summed E-state index contributed by atoms with van der Waals surface area (Å²) in [5.41, 5.74) is 0. The van der Waals surface area contributed by atoms with Crippen LogP contribution in [0.15, 0.2) is 0 Å². The number of thiol groups is 1. The van der Waals surface area contributed by atoms with Gasteiger partial charge < -0.3 is 0 Å². The molecular weight excluding hydrogens is 170 g/mol. The zero-order chi connectivity index (χ0) is 9.30. The van der Waals surface area contributed by atoms with Crippen molar-refractivity contribution >= 4 is 12.8 Å². The maximum atomic E-state index is 4.33. The summed E-state index contributed by atoms with van der Waals surface area (Å²) in [4.78, 5) is 0. The van der Waals surface area contributed by atoms with Crippen LogP contribution in [0.4, 0.5) is 0 Å². The van der Waals surface area contributed by atoms with Crippen molar-refractivity contribution in [3.05, 3.63) is 11.6 Å². The lowest BCUT2D eigenvalue weighted by molar-refractivity contribution is 0.751. The van der Waals surface area contributed by atoms with E-state index in [0.717, 1.165) is 11.6 Å². The third kappa shape index (κ3) is 1.63. The van der Waals surface area contributed by atoms with E-state index < -0.39 is 0 Å². The van der Waals surface area contributed by atoms with Gasteiger partial charge in [0.15, 0.2) is 0 Å². The highest BCUT2D eigenvalue weighted by atomic mass is 32.1. The average Bonchev–Trinajstić information content (AvgIpc) is 2.30. The molecule has 3 nitrogen and oxygen atoms in total. The van der Waals surface area contributed by atoms with E-state index in [-0.39, 0.29) is 0 Å². The van der Waals surface area contributed by atoms with Crippen LogP contribution in [-0.4, -0.2) is 14.2 Å². The molecular formula is C8H15N3S. The molecule has 1 rings (SSSR count). The first kappa shape index (κ1) is 9.58. The molecule has 4 heteroatoms. The number of hydrogen-bond acceptors (Lipinski definition) is 3. The predicted molar refractivity (Wildman–Crippen MR) is 52.6 cm³/mol. The molecule has 0 aliphatic rings. The zero-order valence-electron chi connectivity index (χ0n) is 7.94. The Balaban J connectivity index is 3.04. The van der Waals surface area contributed by atoms with Gasteiger partial charge in [0.05, 0.1) is 0 Å². The van der Waals surface area contributed by atoms with Gasteiger partial charge in [-0.1, -0.05) is 40.5 Å². The first-order valence-corrected chi connectivity index (χ1v) is 4.58. The smallest absolute Gasteiger partial charge is 0.145 e. The number of aromatic nitrogens is 3.